The number of cyclic esters (lactones) is 1. The summed E-state index contributed by atoms with van der Waals surface area (Å²) in [5.41, 5.74) is 3.74. The van der Waals surface area contributed by atoms with Crippen LogP contribution in [0.4, 0.5) is 5.69 Å². The smallest absolute Gasteiger partial charge is 0.363 e. The van der Waals surface area contributed by atoms with Crippen LogP contribution in [0.1, 0.15) is 22.3 Å². The summed E-state index contributed by atoms with van der Waals surface area (Å²) in [5, 5.41) is 10.8. The number of ether oxygens (including phenoxy) is 2. The number of aryl methyl sites for hydroxylation is 1. The fourth-order valence-corrected chi connectivity index (χ4v) is 5.60. The molecule has 0 fully saturated rings. The van der Waals surface area contributed by atoms with E-state index in [9.17, 15) is 14.9 Å². The van der Waals surface area contributed by atoms with Crippen molar-refractivity contribution in [2.45, 2.75) is 13.5 Å². The number of carbonyl (C=O) groups excluding carboxylic acids is 1. The van der Waals surface area contributed by atoms with Crippen molar-refractivity contribution < 1.29 is 19.2 Å². The van der Waals surface area contributed by atoms with Gasteiger partial charge in [-0.1, -0.05) is 0 Å². The van der Waals surface area contributed by atoms with E-state index >= 15 is 0 Å². The third-order valence-corrected chi connectivity index (χ3v) is 7.69. The van der Waals surface area contributed by atoms with Gasteiger partial charge in [0.15, 0.2) is 5.70 Å². The number of non-ortho nitro benzene ring substituents is 1. The Balaban J connectivity index is 1.53. The van der Waals surface area contributed by atoms with Crippen molar-refractivity contribution in [3.63, 3.8) is 0 Å². The molecule has 0 amide bonds. The minimum absolute atomic E-state index is 0.0405. The van der Waals surface area contributed by atoms with Crippen LogP contribution in [0.25, 0.3) is 6.08 Å². The molecule has 172 valence electrons. The van der Waals surface area contributed by atoms with Gasteiger partial charge in [-0.25, -0.2) is 9.79 Å². The topological polar surface area (TPSA) is 91.0 Å². The van der Waals surface area contributed by atoms with Gasteiger partial charge in [0.05, 0.1) is 12.1 Å². The molecule has 10 heteroatoms. The second kappa shape index (κ2) is 10.7. The first-order valence-corrected chi connectivity index (χ1v) is 13.1. The van der Waals surface area contributed by atoms with Gasteiger partial charge in [0.1, 0.15) is 12.4 Å². The van der Waals surface area contributed by atoms with Gasteiger partial charge in [-0.05, 0) is 140 Å². The molecular formula is C24H15I3N2O5. The number of carbonyl (C=O) groups is 1. The molecule has 1 heterocycles. The monoisotopic (exact) mass is 792 g/mol. The first-order valence-electron chi connectivity index (χ1n) is 9.85. The van der Waals surface area contributed by atoms with Gasteiger partial charge in [-0.3, -0.25) is 10.1 Å². The minimum atomic E-state index is -0.491. The number of benzene rings is 3. The lowest BCUT2D eigenvalue weighted by Gasteiger charge is -2.11. The van der Waals surface area contributed by atoms with Crippen molar-refractivity contribution in [2.24, 2.45) is 4.99 Å². The average Bonchev–Trinajstić information content (AvgIpc) is 3.15. The Hall–Kier alpha value is -2.07. The fourth-order valence-electron chi connectivity index (χ4n) is 3.14. The summed E-state index contributed by atoms with van der Waals surface area (Å²) in [6, 6.07) is 15.8. The highest BCUT2D eigenvalue weighted by molar-refractivity contribution is 14.1. The Bertz CT molecular complexity index is 1340. The molecular weight excluding hydrogens is 777 g/mol. The number of hydrogen-bond acceptors (Lipinski definition) is 6. The van der Waals surface area contributed by atoms with Gasteiger partial charge in [0.25, 0.3) is 5.69 Å². The summed E-state index contributed by atoms with van der Waals surface area (Å²) in [6.45, 7) is 2.27. The number of rotatable bonds is 6. The van der Waals surface area contributed by atoms with E-state index in [1.165, 1.54) is 12.1 Å². The van der Waals surface area contributed by atoms with Crippen molar-refractivity contribution in [1.29, 1.82) is 0 Å². The molecule has 3 aromatic carbocycles. The van der Waals surface area contributed by atoms with E-state index in [1.807, 2.05) is 37.3 Å². The molecule has 34 heavy (non-hydrogen) atoms. The molecule has 0 atom stereocenters. The number of nitrogens with zero attached hydrogens (tertiary/aromatic N) is 2. The summed E-state index contributed by atoms with van der Waals surface area (Å²) in [6.07, 6.45) is 1.69. The van der Waals surface area contributed by atoms with Crippen LogP contribution in [0, 0.1) is 27.7 Å². The molecule has 1 aliphatic heterocycles. The van der Waals surface area contributed by atoms with Crippen LogP contribution < -0.4 is 4.74 Å². The zero-order chi connectivity index (χ0) is 24.4. The number of nitro groups is 1. The lowest BCUT2D eigenvalue weighted by Crippen LogP contribution is -2.05. The molecule has 1 aliphatic rings. The Morgan fingerprint density at radius 2 is 1.71 bits per heavy atom. The maximum atomic E-state index is 12.4. The second-order valence-corrected chi connectivity index (χ2v) is 10.8. The Morgan fingerprint density at radius 1 is 1.03 bits per heavy atom. The van der Waals surface area contributed by atoms with Crippen LogP contribution in [0.15, 0.2) is 65.3 Å². The molecule has 4 rings (SSSR count). The molecule has 7 nitrogen and oxygen atoms in total. The lowest BCUT2D eigenvalue weighted by atomic mass is 10.1. The standard InChI is InChI=1S/C24H15I3N2O5/c1-13-8-16(4-7-18(13)25)23-28-21(24(30)34-23)11-15-9-19(26)22(20(27)10-15)33-12-14-2-5-17(6-3-14)29(31)32/h2-11H,12H2,1H3/b21-11-. The summed E-state index contributed by atoms with van der Waals surface area (Å²) in [4.78, 5) is 27.2. The second-order valence-electron chi connectivity index (χ2n) is 7.33. The van der Waals surface area contributed by atoms with Gasteiger partial charge in [0.2, 0.25) is 5.90 Å². The predicted molar refractivity (Wildman–Crippen MR) is 154 cm³/mol. The number of aliphatic imine (C=N–C) groups is 1. The fraction of sp³-hybridized carbons (Fsp3) is 0.0833. The number of esters is 1. The van der Waals surface area contributed by atoms with Crippen molar-refractivity contribution in [1.82, 2.24) is 0 Å². The Morgan fingerprint density at radius 3 is 2.32 bits per heavy atom. The summed E-state index contributed by atoms with van der Waals surface area (Å²) >= 11 is 6.61. The first kappa shape index (κ1) is 25.0. The highest BCUT2D eigenvalue weighted by atomic mass is 127. The zero-order valence-corrected chi connectivity index (χ0v) is 24.0. The molecule has 3 aromatic rings. The van der Waals surface area contributed by atoms with E-state index in [2.05, 4.69) is 72.8 Å². The molecule has 0 aliphatic carbocycles. The molecule has 0 saturated heterocycles. The van der Waals surface area contributed by atoms with Gasteiger partial charge in [-0.15, -0.1) is 0 Å². The molecule has 0 N–H and O–H groups in total. The summed E-state index contributed by atoms with van der Waals surface area (Å²) < 4.78 is 14.2. The summed E-state index contributed by atoms with van der Waals surface area (Å²) in [7, 11) is 0. The number of hydrogen-bond donors (Lipinski definition) is 0. The summed E-state index contributed by atoms with van der Waals surface area (Å²) in [5.74, 6) is 0.507. The lowest BCUT2D eigenvalue weighted by molar-refractivity contribution is -0.384. The van der Waals surface area contributed by atoms with Crippen LogP contribution >= 0.6 is 67.8 Å². The van der Waals surface area contributed by atoms with Crippen molar-refractivity contribution in [3.8, 4) is 5.75 Å². The third kappa shape index (κ3) is 5.76. The third-order valence-electron chi connectivity index (χ3n) is 4.88. The molecule has 0 spiro atoms. The van der Waals surface area contributed by atoms with Crippen LogP contribution in [0.3, 0.4) is 0 Å². The number of halogens is 3. The zero-order valence-electron chi connectivity index (χ0n) is 17.6. The van der Waals surface area contributed by atoms with E-state index in [1.54, 1.807) is 18.2 Å². The van der Waals surface area contributed by atoms with E-state index in [-0.39, 0.29) is 18.0 Å². The van der Waals surface area contributed by atoms with E-state index in [4.69, 9.17) is 9.47 Å². The average molecular weight is 792 g/mol. The molecule has 0 bridgehead atoms. The van der Waals surface area contributed by atoms with Crippen LogP contribution in [-0.2, 0) is 16.1 Å². The highest BCUT2D eigenvalue weighted by Crippen LogP contribution is 2.31. The van der Waals surface area contributed by atoms with E-state index in [0.29, 0.717) is 11.6 Å². The first-order chi connectivity index (χ1) is 16.2. The van der Waals surface area contributed by atoms with Crippen molar-refractivity contribution in [2.75, 3.05) is 0 Å². The predicted octanol–water partition coefficient (Wildman–Crippen LogP) is 6.64. The molecule has 0 radical (unpaired) electrons. The van der Waals surface area contributed by atoms with Gasteiger partial charge >= 0.3 is 5.97 Å². The van der Waals surface area contributed by atoms with Crippen molar-refractivity contribution in [3.05, 3.63) is 103 Å². The number of nitro benzene ring substituents is 1. The molecule has 0 unspecified atom stereocenters. The quantitative estimate of drug-likeness (QED) is 0.0919. The molecule has 0 aromatic heterocycles. The SMILES string of the molecule is Cc1cc(C2=N/C(=C\c3cc(I)c(OCc4ccc([N+](=O)[O-])cc4)c(I)c3)C(=O)O2)ccc1I. The molecule has 0 saturated carbocycles. The van der Waals surface area contributed by atoms with Crippen LogP contribution in [0.5, 0.6) is 5.75 Å². The van der Waals surface area contributed by atoms with Crippen LogP contribution in [0.2, 0.25) is 0 Å². The van der Waals surface area contributed by atoms with Crippen LogP contribution in [-0.4, -0.2) is 16.8 Å². The van der Waals surface area contributed by atoms with Gasteiger partial charge in [-0.2, -0.15) is 0 Å². The maximum absolute atomic E-state index is 12.4. The van der Waals surface area contributed by atoms with Gasteiger partial charge in [0, 0.05) is 21.3 Å². The minimum Gasteiger partial charge on any atom is -0.487 e. The highest BCUT2D eigenvalue weighted by Gasteiger charge is 2.24. The normalized spacial score (nSPS) is 14.2. The maximum Gasteiger partial charge on any atom is 0.363 e. The Labute approximate surface area is 236 Å². The largest absolute Gasteiger partial charge is 0.487 e. The van der Waals surface area contributed by atoms with Crippen molar-refractivity contribution >= 4 is 91.4 Å². The van der Waals surface area contributed by atoms with E-state index < -0.39 is 10.9 Å². The van der Waals surface area contributed by atoms with Gasteiger partial charge < -0.3 is 9.47 Å². The van der Waals surface area contributed by atoms with E-state index in [0.717, 1.165) is 33.0 Å². The Kier molecular flexibility index (Phi) is 7.87.